The van der Waals surface area contributed by atoms with Gasteiger partial charge in [-0.3, -0.25) is 0 Å². The molecule has 24 heteroatoms. The first-order chi connectivity index (χ1) is 52.3. The van der Waals surface area contributed by atoms with Crippen molar-refractivity contribution < 1.29 is 75.2 Å². The van der Waals surface area contributed by atoms with E-state index in [1.165, 1.54) is 0 Å². The Labute approximate surface area is 736 Å². The van der Waals surface area contributed by atoms with E-state index in [2.05, 4.69) is 226 Å². The molecule has 0 bridgehead atoms. The van der Waals surface area contributed by atoms with Gasteiger partial charge in [0.2, 0.25) is 0 Å². The molecule has 0 saturated carbocycles. The molecule has 3 aromatic carbocycles. The molecule has 0 N–H and O–H groups in total. The largest absolute Gasteiger partial charge is 0.501 e. The number of rotatable bonds is 29. The summed E-state index contributed by atoms with van der Waals surface area (Å²) < 4.78 is 103. The molecule has 0 amide bonds. The van der Waals surface area contributed by atoms with Crippen LogP contribution in [0, 0.1) is 0 Å². The lowest BCUT2D eigenvalue weighted by molar-refractivity contribution is -0.0374. The van der Waals surface area contributed by atoms with Crippen LogP contribution in [0.15, 0.2) is 128 Å². The van der Waals surface area contributed by atoms with Gasteiger partial charge in [0.15, 0.2) is 0 Å². The third-order valence-corrected chi connectivity index (χ3v) is 38.7. The van der Waals surface area contributed by atoms with Crippen LogP contribution in [0.5, 0.6) is 0 Å². The van der Waals surface area contributed by atoms with Crippen LogP contribution < -0.4 is 15.6 Å². The van der Waals surface area contributed by atoms with Crippen molar-refractivity contribution in [2.45, 2.75) is 440 Å². The van der Waals surface area contributed by atoms with Crippen molar-refractivity contribution in [2.75, 3.05) is 21.3 Å². The topological polar surface area (TPSA) is 157 Å². The van der Waals surface area contributed by atoms with Crippen LogP contribution in [-0.2, 0) is 75.2 Å². The molecule has 692 valence electrons. The fourth-order valence-electron chi connectivity index (χ4n) is 11.8. The van der Waals surface area contributed by atoms with Crippen molar-refractivity contribution >= 4 is 76.2 Å². The molecule has 118 heavy (non-hydrogen) atoms. The van der Waals surface area contributed by atoms with Gasteiger partial charge in [-0.1, -0.05) is 131 Å². The second kappa shape index (κ2) is 49.2. The first kappa shape index (κ1) is 122. The summed E-state index contributed by atoms with van der Waals surface area (Å²) in [5.41, 5.74) is 0.538. The molecule has 17 nitrogen and oxygen atoms in total. The summed E-state index contributed by atoms with van der Waals surface area (Å²) in [6.45, 7) is 108. The van der Waals surface area contributed by atoms with Gasteiger partial charge in [-0.2, -0.15) is 0 Å². The summed E-state index contributed by atoms with van der Waals surface area (Å²) in [5, 5.41) is 3.36. The van der Waals surface area contributed by atoms with E-state index in [4.69, 9.17) is 75.2 Å². The monoisotopic (exact) mass is 1780 g/mol. The minimum Gasteiger partial charge on any atom is -0.389 e. The molecule has 0 spiro atoms. The van der Waals surface area contributed by atoms with Gasteiger partial charge >= 0.3 is 60.7 Å². The molecule has 0 aromatic heterocycles. The van der Waals surface area contributed by atoms with E-state index < -0.39 is 60.7 Å². The van der Waals surface area contributed by atoms with Crippen molar-refractivity contribution in [3.05, 3.63) is 128 Å². The van der Waals surface area contributed by atoms with Crippen molar-refractivity contribution in [3.8, 4) is 0 Å². The summed E-state index contributed by atoms with van der Waals surface area (Å²) >= 11 is 0. The van der Waals surface area contributed by atoms with Crippen molar-refractivity contribution in [3.63, 3.8) is 0 Å². The Balaban J connectivity index is -0.000000647. The molecule has 0 saturated heterocycles. The van der Waals surface area contributed by atoms with Gasteiger partial charge < -0.3 is 75.2 Å². The third-order valence-electron chi connectivity index (χ3n) is 14.1. The van der Waals surface area contributed by atoms with E-state index in [-0.39, 0.29) is 78.4 Å². The molecule has 0 unspecified atom stereocenters. The number of hydrogen-bond acceptors (Lipinski definition) is 17. The van der Waals surface area contributed by atoms with Crippen LogP contribution in [-0.4, -0.2) is 160 Å². The zero-order chi connectivity index (χ0) is 94.2. The second-order valence-corrected chi connectivity index (χ2v) is 63.8. The van der Waals surface area contributed by atoms with E-state index in [1.54, 1.807) is 21.3 Å². The molecule has 0 atom stereocenters. The lowest BCUT2D eigenvalue weighted by atomic mass is 10.2. The number of benzene rings is 3. The first-order valence-electron chi connectivity index (χ1n) is 42.8. The quantitative estimate of drug-likeness (QED) is 0.0477. The highest BCUT2D eigenvalue weighted by atomic mass is 28.4. The fourth-order valence-corrected chi connectivity index (χ4v) is 33.3. The normalized spacial score (nSPS) is 13.9. The third kappa shape index (κ3) is 59.6. The maximum Gasteiger partial charge on any atom is 0.501 e. The van der Waals surface area contributed by atoms with Crippen molar-refractivity contribution in [1.29, 1.82) is 0 Å². The Morgan fingerprint density at radius 1 is 0.271 bits per heavy atom. The Bertz CT molecular complexity index is 3030. The predicted molar refractivity (Wildman–Crippen MR) is 519 cm³/mol. The molecule has 0 aliphatic carbocycles. The molecule has 0 heterocycles. The standard InChI is InChI=1S/C20H28O2Si.C16H26O2Si.C13H28O2Si.C12H28O3Si.C12H26O2Si.C11H26O3Si.C10H24O3Si/c1-19(2,3)21-23(22-20(4,5)6,17-13-9-7-10-14-17)18-15-11-8-12-16-18;1-8-19(17-15(2,3)4,18-16(5,6)7)14-12-10-9-11-13-14;1-9-11-16(10-2,14-12(3,4)5)15-13(6,7)8;1-9-10-16(13-8,14-11(2,3)4)15-12(5,6)7;1-9-15(10-2,13-11(3,4)5)14-12(6,7)8;1-9-15(12-8,13-10(2,3)4)14-11(5,6)7;1-9(2,3)12-14(8,11-7)13-10(4,5)6/h7-16H,1-6H3;8-13H,1H2,2-7H3;9H,1,10-11H2,2-8H3;9-10H2,1-8H3;9H,1,10H2,2-8H3;9H2,1-8H3;1-8H3. The molecular formula is C94H186O17Si7. The highest BCUT2D eigenvalue weighted by Crippen LogP contribution is 2.35. The molecule has 0 aliphatic rings. The van der Waals surface area contributed by atoms with Crippen LogP contribution in [0.2, 0.25) is 36.8 Å². The fraction of sp³-hybridized carbons (Fsp3) is 0.745. The highest BCUT2D eigenvalue weighted by molar-refractivity contribution is 6.92. The van der Waals surface area contributed by atoms with Crippen molar-refractivity contribution in [1.82, 2.24) is 0 Å². The summed E-state index contributed by atoms with van der Waals surface area (Å²) in [5.74, 6) is 0. The minimum atomic E-state index is -2.82. The summed E-state index contributed by atoms with van der Waals surface area (Å²) in [6, 6.07) is 35.2. The van der Waals surface area contributed by atoms with Gasteiger partial charge in [0.1, 0.15) is 0 Å². The highest BCUT2D eigenvalue weighted by Gasteiger charge is 2.51. The second-order valence-electron chi connectivity index (χ2n) is 43.7. The molecule has 3 aromatic rings. The van der Waals surface area contributed by atoms with Crippen LogP contribution in [0.25, 0.3) is 0 Å². The van der Waals surface area contributed by atoms with Crippen LogP contribution in [0.1, 0.15) is 325 Å². The van der Waals surface area contributed by atoms with Crippen LogP contribution in [0.4, 0.5) is 0 Å². The van der Waals surface area contributed by atoms with Crippen molar-refractivity contribution in [2.24, 2.45) is 0 Å². The minimum absolute atomic E-state index is 0.156. The van der Waals surface area contributed by atoms with E-state index in [0.717, 1.165) is 52.2 Å². The SMILES string of the molecule is C=CC[Si](CC)(OC(C)(C)C)OC(C)(C)C.C=C[Si](CC)(OC(C)(C)C)OC(C)(C)C.C=C[Si](OC(C)(C)C)(OC(C)(C)C)c1ccccc1.CC(C)(C)O[Si](OC(C)(C)C)(c1ccccc1)c1ccccc1.CCC[Si](OC)(OC(C)(C)C)OC(C)(C)C.CC[Si](OC)(OC(C)(C)C)OC(C)(C)C.CO[Si](C)(OC(C)(C)C)OC(C)(C)C. The molecule has 3 rings (SSSR count). The average molecular weight is 1790 g/mol. The van der Waals surface area contributed by atoms with Crippen LogP contribution in [0.3, 0.4) is 0 Å². The lowest BCUT2D eigenvalue weighted by Gasteiger charge is -2.41. The zero-order valence-electron chi connectivity index (χ0n) is 85.7. The van der Waals surface area contributed by atoms with Gasteiger partial charge in [0.05, 0.1) is 78.4 Å². The van der Waals surface area contributed by atoms with Gasteiger partial charge in [-0.05, 0) is 330 Å². The predicted octanol–water partition coefficient (Wildman–Crippen LogP) is 25.3. The van der Waals surface area contributed by atoms with E-state index in [1.807, 2.05) is 227 Å². The summed E-state index contributed by atoms with van der Waals surface area (Å²) in [7, 11) is -12.4. The Morgan fingerprint density at radius 2 is 0.525 bits per heavy atom. The number of hydrogen-bond donors (Lipinski definition) is 0. The Morgan fingerprint density at radius 3 is 0.712 bits per heavy atom. The smallest absolute Gasteiger partial charge is 0.389 e. The van der Waals surface area contributed by atoms with Gasteiger partial charge in [0, 0.05) is 46.0 Å². The molecule has 0 fully saturated rings. The lowest BCUT2D eigenvalue weighted by Crippen LogP contribution is -2.68. The molecule has 0 radical (unpaired) electrons. The number of allylic oxidation sites excluding steroid dienone is 1. The molecular weight excluding hydrogens is 1600 g/mol. The average Bonchev–Trinajstić information content (AvgIpc) is 0.762. The zero-order valence-corrected chi connectivity index (χ0v) is 92.7. The first-order valence-corrected chi connectivity index (χ1v) is 57.0. The maximum absolute atomic E-state index is 6.69. The van der Waals surface area contributed by atoms with E-state index >= 15 is 0 Å². The molecule has 0 aliphatic heterocycles. The van der Waals surface area contributed by atoms with E-state index in [9.17, 15) is 0 Å². The van der Waals surface area contributed by atoms with E-state index in [0.29, 0.717) is 0 Å². The summed E-state index contributed by atoms with van der Waals surface area (Å²) in [6.07, 6.45) is 2.93. The van der Waals surface area contributed by atoms with Gasteiger partial charge in [-0.25, -0.2) is 0 Å². The Hall–Kier alpha value is -2.28. The Kier molecular flexibility index (Phi) is 50.8. The van der Waals surface area contributed by atoms with Gasteiger partial charge in [0.25, 0.3) is 0 Å². The maximum atomic E-state index is 6.69. The van der Waals surface area contributed by atoms with Crippen LogP contribution >= 0.6 is 0 Å². The summed E-state index contributed by atoms with van der Waals surface area (Å²) in [4.78, 5) is 0. The van der Waals surface area contributed by atoms with Gasteiger partial charge in [-0.15, -0.1) is 19.7 Å².